The molecule has 1 N–H and O–H groups in total. The molecule has 0 bridgehead atoms. The maximum absolute atomic E-state index is 12.0. The summed E-state index contributed by atoms with van der Waals surface area (Å²) in [5.41, 5.74) is 5.01. The Hall–Kier alpha value is -3.13. The van der Waals surface area contributed by atoms with Gasteiger partial charge in [-0.2, -0.15) is 0 Å². The van der Waals surface area contributed by atoms with E-state index in [2.05, 4.69) is 32.2 Å². The molecular formula is C23H29N5O3. The van der Waals surface area contributed by atoms with Gasteiger partial charge in [-0.05, 0) is 37.6 Å². The van der Waals surface area contributed by atoms with Gasteiger partial charge in [-0.15, -0.1) is 0 Å². The van der Waals surface area contributed by atoms with Gasteiger partial charge >= 0.3 is 6.09 Å². The van der Waals surface area contributed by atoms with Crippen molar-refractivity contribution in [2.75, 3.05) is 49.6 Å². The highest BCUT2D eigenvalue weighted by atomic mass is 16.6. The number of pyridine rings is 1. The Kier molecular flexibility index (Phi) is 6.08. The van der Waals surface area contributed by atoms with Crippen LogP contribution in [0.15, 0.2) is 36.7 Å². The van der Waals surface area contributed by atoms with Crippen LogP contribution in [0.3, 0.4) is 0 Å². The number of amides is 2. The number of hydrogen-bond donors (Lipinski definition) is 1. The van der Waals surface area contributed by atoms with Gasteiger partial charge in [0.2, 0.25) is 5.91 Å². The number of ether oxygens (including phenoxy) is 1. The lowest BCUT2D eigenvalue weighted by molar-refractivity contribution is -0.122. The molecule has 4 rings (SSSR count). The number of aromatic nitrogens is 1. The van der Waals surface area contributed by atoms with Crippen LogP contribution in [0.25, 0.3) is 11.1 Å². The molecule has 31 heavy (non-hydrogen) atoms. The van der Waals surface area contributed by atoms with Crippen molar-refractivity contribution in [1.29, 1.82) is 0 Å². The predicted molar refractivity (Wildman–Crippen MR) is 120 cm³/mol. The molecule has 2 aliphatic heterocycles. The Bertz CT molecular complexity index is 969. The van der Waals surface area contributed by atoms with Crippen molar-refractivity contribution in [1.82, 2.24) is 15.2 Å². The summed E-state index contributed by atoms with van der Waals surface area (Å²) in [5, 5.41) is 2.95. The zero-order chi connectivity index (χ0) is 22.0. The molecule has 0 spiro atoms. The van der Waals surface area contributed by atoms with Gasteiger partial charge in [0.25, 0.3) is 0 Å². The third-order valence-corrected chi connectivity index (χ3v) is 5.68. The highest BCUT2D eigenvalue weighted by Gasteiger charge is 2.23. The third kappa shape index (κ3) is 4.80. The molecule has 2 aromatic rings. The Labute approximate surface area is 182 Å². The molecule has 3 heterocycles. The van der Waals surface area contributed by atoms with Crippen molar-refractivity contribution in [2.24, 2.45) is 0 Å². The van der Waals surface area contributed by atoms with Gasteiger partial charge in [0.15, 0.2) is 0 Å². The number of nitrogens with zero attached hydrogens (tertiary/aromatic N) is 4. The smallest absolute Gasteiger partial charge is 0.414 e. The van der Waals surface area contributed by atoms with E-state index in [-0.39, 0.29) is 24.6 Å². The van der Waals surface area contributed by atoms with E-state index in [0.717, 1.165) is 54.2 Å². The number of nitrogens with one attached hydrogen (secondary N) is 1. The summed E-state index contributed by atoms with van der Waals surface area (Å²) in [6, 6.07) is 8.34. The van der Waals surface area contributed by atoms with E-state index >= 15 is 0 Å². The Morgan fingerprint density at radius 2 is 1.90 bits per heavy atom. The first-order valence-electron chi connectivity index (χ1n) is 10.7. The average Bonchev–Trinajstić information content (AvgIpc) is 2.76. The summed E-state index contributed by atoms with van der Waals surface area (Å²) >= 11 is 0. The van der Waals surface area contributed by atoms with Crippen LogP contribution in [-0.2, 0) is 16.1 Å². The monoisotopic (exact) mass is 423 g/mol. The van der Waals surface area contributed by atoms with E-state index < -0.39 is 0 Å². The Balaban J connectivity index is 1.43. The molecule has 2 amide bonds. The Morgan fingerprint density at radius 1 is 1.13 bits per heavy atom. The van der Waals surface area contributed by atoms with E-state index in [4.69, 9.17) is 4.74 Å². The van der Waals surface area contributed by atoms with E-state index in [9.17, 15) is 9.59 Å². The molecule has 2 aliphatic rings. The summed E-state index contributed by atoms with van der Waals surface area (Å²) in [4.78, 5) is 34.2. The normalized spacial score (nSPS) is 16.8. The molecule has 8 nitrogen and oxygen atoms in total. The molecule has 164 valence electrons. The van der Waals surface area contributed by atoms with E-state index in [1.165, 1.54) is 4.90 Å². The minimum absolute atomic E-state index is 0.0795. The molecule has 1 saturated heterocycles. The fourth-order valence-corrected chi connectivity index (χ4v) is 4.04. The lowest BCUT2D eigenvalue weighted by atomic mass is 10.0. The number of fused-ring (bicyclic) bond motifs is 1. The number of carbonyl (C=O) groups is 2. The SMILES string of the molecule is CC(C)NC(=O)CN1CCN(c2cncc(-c3ccc4c(c3)COC(=O)N4C)c2)CC1. The first-order chi connectivity index (χ1) is 14.9. The maximum atomic E-state index is 12.0. The quantitative estimate of drug-likeness (QED) is 0.796. The van der Waals surface area contributed by atoms with Gasteiger partial charge in [-0.1, -0.05) is 6.07 Å². The zero-order valence-electron chi connectivity index (χ0n) is 18.3. The summed E-state index contributed by atoms with van der Waals surface area (Å²) in [5.74, 6) is 0.0795. The minimum atomic E-state index is -0.329. The van der Waals surface area contributed by atoms with Gasteiger partial charge in [-0.3, -0.25) is 19.6 Å². The minimum Gasteiger partial charge on any atom is -0.444 e. The second-order valence-corrected chi connectivity index (χ2v) is 8.37. The van der Waals surface area contributed by atoms with Crippen LogP contribution >= 0.6 is 0 Å². The topological polar surface area (TPSA) is 78.0 Å². The molecule has 0 aliphatic carbocycles. The van der Waals surface area contributed by atoms with Crippen LogP contribution in [0, 0.1) is 0 Å². The number of anilines is 2. The van der Waals surface area contributed by atoms with E-state index in [1.54, 1.807) is 7.05 Å². The van der Waals surface area contributed by atoms with Crippen molar-refractivity contribution in [2.45, 2.75) is 26.5 Å². The van der Waals surface area contributed by atoms with Gasteiger partial charge < -0.3 is 15.0 Å². The number of rotatable bonds is 5. The van der Waals surface area contributed by atoms with Crippen molar-refractivity contribution < 1.29 is 14.3 Å². The first-order valence-corrected chi connectivity index (χ1v) is 10.7. The highest BCUT2D eigenvalue weighted by molar-refractivity contribution is 5.90. The second-order valence-electron chi connectivity index (χ2n) is 8.37. The van der Waals surface area contributed by atoms with Gasteiger partial charge in [0, 0.05) is 56.6 Å². The summed E-state index contributed by atoms with van der Waals surface area (Å²) in [6.07, 6.45) is 3.42. The first kappa shape index (κ1) is 21.1. The van der Waals surface area contributed by atoms with Gasteiger partial charge in [0.1, 0.15) is 6.61 Å². The molecule has 1 fully saturated rings. The fraction of sp³-hybridized carbons (Fsp3) is 0.435. The number of carbonyl (C=O) groups excluding carboxylic acids is 2. The van der Waals surface area contributed by atoms with Crippen molar-refractivity contribution >= 4 is 23.4 Å². The van der Waals surface area contributed by atoms with E-state index in [1.807, 2.05) is 38.4 Å². The molecule has 8 heteroatoms. The molecular weight excluding hydrogens is 394 g/mol. The van der Waals surface area contributed by atoms with Crippen molar-refractivity contribution in [3.63, 3.8) is 0 Å². The van der Waals surface area contributed by atoms with Crippen LogP contribution in [0.1, 0.15) is 19.4 Å². The highest BCUT2D eigenvalue weighted by Crippen LogP contribution is 2.32. The number of benzene rings is 1. The zero-order valence-corrected chi connectivity index (χ0v) is 18.3. The van der Waals surface area contributed by atoms with Crippen molar-refractivity contribution in [3.8, 4) is 11.1 Å². The lowest BCUT2D eigenvalue weighted by Gasteiger charge is -2.35. The van der Waals surface area contributed by atoms with Crippen LogP contribution in [0.5, 0.6) is 0 Å². The molecule has 0 saturated carbocycles. The maximum Gasteiger partial charge on any atom is 0.414 e. The number of cyclic esters (lactones) is 1. The number of piperazine rings is 1. The molecule has 1 aromatic carbocycles. The average molecular weight is 424 g/mol. The van der Waals surface area contributed by atoms with Gasteiger partial charge in [0.05, 0.1) is 24.1 Å². The fourth-order valence-electron chi connectivity index (χ4n) is 4.04. The largest absolute Gasteiger partial charge is 0.444 e. The lowest BCUT2D eigenvalue weighted by Crippen LogP contribution is -2.50. The standard InChI is InChI=1S/C23H29N5O3/c1-16(2)25-22(29)14-27-6-8-28(9-7-27)20-11-18(12-24-13-20)17-4-5-21-19(10-17)15-31-23(30)26(21)3/h4-5,10-13,16H,6-9,14-15H2,1-3H3,(H,25,29). The summed E-state index contributed by atoms with van der Waals surface area (Å²) < 4.78 is 5.21. The van der Waals surface area contributed by atoms with Crippen LogP contribution < -0.4 is 15.1 Å². The molecule has 0 radical (unpaired) electrons. The third-order valence-electron chi connectivity index (χ3n) is 5.68. The summed E-state index contributed by atoms with van der Waals surface area (Å²) in [6.45, 7) is 8.06. The van der Waals surface area contributed by atoms with Crippen LogP contribution in [-0.4, -0.2) is 67.7 Å². The van der Waals surface area contributed by atoms with Crippen molar-refractivity contribution in [3.05, 3.63) is 42.2 Å². The predicted octanol–water partition coefficient (Wildman–Crippen LogP) is 2.48. The number of hydrogen-bond acceptors (Lipinski definition) is 6. The van der Waals surface area contributed by atoms with Crippen LogP contribution in [0.4, 0.5) is 16.2 Å². The van der Waals surface area contributed by atoms with Crippen LogP contribution in [0.2, 0.25) is 0 Å². The molecule has 0 atom stereocenters. The summed E-state index contributed by atoms with van der Waals surface area (Å²) in [7, 11) is 1.72. The Morgan fingerprint density at radius 3 is 2.65 bits per heavy atom. The molecule has 0 unspecified atom stereocenters. The van der Waals surface area contributed by atoms with Gasteiger partial charge in [-0.25, -0.2) is 4.79 Å². The van der Waals surface area contributed by atoms with E-state index in [0.29, 0.717) is 6.54 Å². The second kappa shape index (κ2) is 8.93. The molecule has 1 aromatic heterocycles.